The molecule has 0 spiro atoms. The summed E-state index contributed by atoms with van der Waals surface area (Å²) in [5.74, 6) is 1.47. The first-order valence-corrected chi connectivity index (χ1v) is 7.08. The zero-order valence-corrected chi connectivity index (χ0v) is 12.7. The molecule has 2 aromatic rings. The fourth-order valence-corrected chi connectivity index (χ4v) is 2.11. The van der Waals surface area contributed by atoms with Gasteiger partial charge in [0, 0.05) is 13.1 Å². The van der Waals surface area contributed by atoms with Gasteiger partial charge >= 0.3 is 0 Å². The van der Waals surface area contributed by atoms with Crippen molar-refractivity contribution in [2.75, 3.05) is 6.61 Å². The maximum atomic E-state index is 5.92. The number of benzene rings is 1. The van der Waals surface area contributed by atoms with Crippen LogP contribution in [0.3, 0.4) is 0 Å². The molecule has 0 aliphatic rings. The number of aromatic nitrogens is 3. The molecule has 0 bridgehead atoms. The first-order valence-electron chi connectivity index (χ1n) is 7.08. The summed E-state index contributed by atoms with van der Waals surface area (Å²) in [5, 5.41) is 7.91. The fraction of sp³-hybridized carbons (Fsp3) is 0.467. The van der Waals surface area contributed by atoms with Crippen LogP contribution in [0.25, 0.3) is 0 Å². The number of ether oxygens (including phenoxy) is 2. The molecule has 0 aliphatic heterocycles. The van der Waals surface area contributed by atoms with E-state index in [2.05, 4.69) is 10.3 Å². The molecular formula is C15H22N4O2. The third-order valence-electron chi connectivity index (χ3n) is 2.92. The molecule has 1 atom stereocenters. The van der Waals surface area contributed by atoms with Crippen LogP contribution in [-0.4, -0.2) is 27.6 Å². The number of aryl methyl sites for hydroxylation is 1. The molecule has 0 radical (unpaired) electrons. The van der Waals surface area contributed by atoms with Crippen LogP contribution in [0, 0.1) is 0 Å². The minimum absolute atomic E-state index is 0.0562. The minimum Gasteiger partial charge on any atom is -0.490 e. The molecule has 0 saturated heterocycles. The molecule has 1 aromatic carbocycles. The molecule has 1 aromatic heterocycles. The lowest BCUT2D eigenvalue weighted by molar-refractivity contribution is 0.263. The first kappa shape index (κ1) is 15.3. The molecule has 0 fully saturated rings. The van der Waals surface area contributed by atoms with Crippen LogP contribution in [0.4, 0.5) is 0 Å². The number of nitrogens with two attached hydrogens (primary N) is 1. The maximum absolute atomic E-state index is 5.92. The molecule has 6 heteroatoms. The molecule has 1 unspecified atom stereocenters. The van der Waals surface area contributed by atoms with E-state index in [-0.39, 0.29) is 6.04 Å². The fourth-order valence-electron chi connectivity index (χ4n) is 2.11. The second-order valence-corrected chi connectivity index (χ2v) is 5.03. The van der Waals surface area contributed by atoms with Crippen molar-refractivity contribution in [3.63, 3.8) is 0 Å². The predicted octanol–water partition coefficient (Wildman–Crippen LogP) is 1.68. The Morgan fingerprint density at radius 3 is 2.76 bits per heavy atom. The predicted molar refractivity (Wildman–Crippen MR) is 80.3 cm³/mol. The summed E-state index contributed by atoms with van der Waals surface area (Å²) in [4.78, 5) is 0. The number of rotatable bonds is 7. The summed E-state index contributed by atoms with van der Waals surface area (Å²) in [6, 6.07) is 5.93. The van der Waals surface area contributed by atoms with Gasteiger partial charge in [0.15, 0.2) is 11.5 Å². The van der Waals surface area contributed by atoms with Crippen molar-refractivity contribution in [3.05, 3.63) is 35.7 Å². The van der Waals surface area contributed by atoms with Gasteiger partial charge in [-0.25, -0.2) is 0 Å². The molecular weight excluding hydrogens is 268 g/mol. The SMILES string of the molecule is CCOc1cccc(CC(C)N)c1OCc1cn(C)nn1. The van der Waals surface area contributed by atoms with Gasteiger partial charge in [-0.1, -0.05) is 17.3 Å². The zero-order chi connectivity index (χ0) is 15.2. The quantitative estimate of drug-likeness (QED) is 0.839. The Morgan fingerprint density at radius 1 is 1.33 bits per heavy atom. The highest BCUT2D eigenvalue weighted by atomic mass is 16.5. The molecule has 0 saturated carbocycles. The van der Waals surface area contributed by atoms with Gasteiger partial charge in [-0.3, -0.25) is 4.68 Å². The van der Waals surface area contributed by atoms with Crippen molar-refractivity contribution >= 4 is 0 Å². The molecule has 2 N–H and O–H groups in total. The van der Waals surface area contributed by atoms with Gasteiger partial charge < -0.3 is 15.2 Å². The summed E-state index contributed by atoms with van der Waals surface area (Å²) in [6.45, 7) is 4.86. The van der Waals surface area contributed by atoms with E-state index in [9.17, 15) is 0 Å². The Kier molecular flexibility index (Phi) is 5.16. The van der Waals surface area contributed by atoms with E-state index in [4.69, 9.17) is 15.2 Å². The van der Waals surface area contributed by atoms with Gasteiger partial charge in [-0.15, -0.1) is 5.10 Å². The van der Waals surface area contributed by atoms with Crippen LogP contribution in [0.1, 0.15) is 25.1 Å². The number of hydrogen-bond donors (Lipinski definition) is 1. The highest BCUT2D eigenvalue weighted by molar-refractivity contribution is 5.47. The van der Waals surface area contributed by atoms with Gasteiger partial charge in [-0.2, -0.15) is 0 Å². The highest BCUT2D eigenvalue weighted by Crippen LogP contribution is 2.32. The Labute approximate surface area is 124 Å². The molecule has 0 aliphatic carbocycles. The topological polar surface area (TPSA) is 75.2 Å². The van der Waals surface area contributed by atoms with Crippen LogP contribution in [0.5, 0.6) is 11.5 Å². The second-order valence-electron chi connectivity index (χ2n) is 5.03. The normalized spacial score (nSPS) is 12.2. The lowest BCUT2D eigenvalue weighted by Gasteiger charge is -2.16. The van der Waals surface area contributed by atoms with E-state index < -0.39 is 0 Å². The average Bonchev–Trinajstić information content (AvgIpc) is 2.83. The van der Waals surface area contributed by atoms with Crippen LogP contribution in [0.15, 0.2) is 24.4 Å². The van der Waals surface area contributed by atoms with Gasteiger partial charge in [0.05, 0.1) is 12.8 Å². The number of nitrogens with zero attached hydrogens (tertiary/aromatic N) is 3. The van der Waals surface area contributed by atoms with Crippen LogP contribution < -0.4 is 15.2 Å². The Balaban J connectivity index is 2.20. The van der Waals surface area contributed by atoms with Crippen LogP contribution >= 0.6 is 0 Å². The smallest absolute Gasteiger partial charge is 0.165 e. The van der Waals surface area contributed by atoms with Crippen molar-refractivity contribution in [1.82, 2.24) is 15.0 Å². The Morgan fingerprint density at radius 2 is 2.14 bits per heavy atom. The van der Waals surface area contributed by atoms with Gasteiger partial charge in [-0.05, 0) is 31.9 Å². The molecule has 2 rings (SSSR count). The van der Waals surface area contributed by atoms with Crippen LogP contribution in [0.2, 0.25) is 0 Å². The van der Waals surface area contributed by atoms with Crippen molar-refractivity contribution in [2.45, 2.75) is 32.9 Å². The van der Waals surface area contributed by atoms with Crippen molar-refractivity contribution in [2.24, 2.45) is 12.8 Å². The van der Waals surface area contributed by atoms with E-state index in [0.717, 1.165) is 29.2 Å². The standard InChI is InChI=1S/C15H22N4O2/c1-4-20-14-7-5-6-12(8-11(2)16)15(14)21-10-13-9-19(3)18-17-13/h5-7,9,11H,4,8,10,16H2,1-3H3. The molecule has 1 heterocycles. The average molecular weight is 290 g/mol. The van der Waals surface area contributed by atoms with Crippen LogP contribution in [-0.2, 0) is 20.1 Å². The van der Waals surface area contributed by atoms with E-state index in [1.54, 1.807) is 4.68 Å². The lowest BCUT2D eigenvalue weighted by Crippen LogP contribution is -2.18. The summed E-state index contributed by atoms with van der Waals surface area (Å²) >= 11 is 0. The van der Waals surface area contributed by atoms with E-state index in [0.29, 0.717) is 13.2 Å². The summed E-state index contributed by atoms with van der Waals surface area (Å²) in [6.07, 6.45) is 2.56. The van der Waals surface area contributed by atoms with Crippen molar-refractivity contribution < 1.29 is 9.47 Å². The monoisotopic (exact) mass is 290 g/mol. The van der Waals surface area contributed by atoms with Gasteiger partial charge in [0.1, 0.15) is 12.3 Å². The summed E-state index contributed by atoms with van der Waals surface area (Å²) < 4.78 is 13.2. The minimum atomic E-state index is 0.0562. The van der Waals surface area contributed by atoms with Crippen molar-refractivity contribution in [3.8, 4) is 11.5 Å². The Bertz CT molecular complexity index is 581. The molecule has 114 valence electrons. The largest absolute Gasteiger partial charge is 0.490 e. The third-order valence-corrected chi connectivity index (χ3v) is 2.92. The molecule has 21 heavy (non-hydrogen) atoms. The Hall–Kier alpha value is -2.08. The lowest BCUT2D eigenvalue weighted by atomic mass is 10.1. The molecule has 6 nitrogen and oxygen atoms in total. The molecule has 0 amide bonds. The number of hydrogen-bond acceptors (Lipinski definition) is 5. The van der Waals surface area contributed by atoms with Crippen molar-refractivity contribution in [1.29, 1.82) is 0 Å². The van der Waals surface area contributed by atoms with E-state index in [1.165, 1.54) is 0 Å². The summed E-state index contributed by atoms with van der Waals surface area (Å²) in [5.41, 5.74) is 7.72. The first-order chi connectivity index (χ1) is 10.1. The zero-order valence-electron chi connectivity index (χ0n) is 12.7. The summed E-state index contributed by atoms with van der Waals surface area (Å²) in [7, 11) is 1.83. The van der Waals surface area contributed by atoms with Gasteiger partial charge in [0.25, 0.3) is 0 Å². The maximum Gasteiger partial charge on any atom is 0.165 e. The van der Waals surface area contributed by atoms with E-state index in [1.807, 2.05) is 45.3 Å². The second kappa shape index (κ2) is 7.08. The van der Waals surface area contributed by atoms with E-state index >= 15 is 0 Å². The number of para-hydroxylation sites is 1. The third kappa shape index (κ3) is 4.19. The highest BCUT2D eigenvalue weighted by Gasteiger charge is 2.13. The van der Waals surface area contributed by atoms with Gasteiger partial charge in [0.2, 0.25) is 0 Å².